The molecule has 1 aromatic carbocycles. The summed E-state index contributed by atoms with van der Waals surface area (Å²) in [7, 11) is 0. The normalized spacial score (nSPS) is 12.4. The van der Waals surface area contributed by atoms with Crippen LogP contribution >= 0.6 is 0 Å². The van der Waals surface area contributed by atoms with E-state index in [1.807, 2.05) is 26.1 Å². The van der Waals surface area contributed by atoms with Crippen LogP contribution in [-0.4, -0.2) is 9.97 Å². The Hall–Kier alpha value is -1.87. The summed E-state index contributed by atoms with van der Waals surface area (Å²) >= 11 is 0. The van der Waals surface area contributed by atoms with Crippen molar-refractivity contribution in [1.29, 1.82) is 0 Å². The molecule has 17 heavy (non-hydrogen) atoms. The van der Waals surface area contributed by atoms with Crippen molar-refractivity contribution >= 4 is 21.8 Å². The second kappa shape index (κ2) is 3.31. The standard InChI is InChI=1S/C14H15N3/c1-14(2,15)9-3-4-10-11-8-16-6-5-12(11)17-13(10)7-9/h3-8,17H,15H2,1-2H3. The van der Waals surface area contributed by atoms with E-state index in [1.165, 1.54) is 5.39 Å². The largest absolute Gasteiger partial charge is 0.354 e. The van der Waals surface area contributed by atoms with Crippen LogP contribution in [0.25, 0.3) is 21.8 Å². The molecule has 0 saturated carbocycles. The Morgan fingerprint density at radius 3 is 2.71 bits per heavy atom. The lowest BCUT2D eigenvalue weighted by Gasteiger charge is -2.18. The molecule has 2 heterocycles. The van der Waals surface area contributed by atoms with Gasteiger partial charge in [-0.05, 0) is 31.5 Å². The molecule has 3 N–H and O–H groups in total. The zero-order valence-electron chi connectivity index (χ0n) is 9.99. The number of nitrogens with zero attached hydrogens (tertiary/aromatic N) is 1. The Labute approximate surface area is 99.7 Å². The Bertz CT molecular complexity index is 689. The number of hydrogen-bond acceptors (Lipinski definition) is 2. The Morgan fingerprint density at radius 2 is 1.94 bits per heavy atom. The Balaban J connectivity index is 2.34. The molecular weight excluding hydrogens is 210 g/mol. The molecule has 3 aromatic rings. The van der Waals surface area contributed by atoms with E-state index in [4.69, 9.17) is 5.73 Å². The van der Waals surface area contributed by atoms with E-state index < -0.39 is 0 Å². The molecule has 3 nitrogen and oxygen atoms in total. The number of hydrogen-bond donors (Lipinski definition) is 2. The van der Waals surface area contributed by atoms with E-state index >= 15 is 0 Å². The summed E-state index contributed by atoms with van der Waals surface area (Å²) in [6.45, 7) is 4.02. The highest BCUT2D eigenvalue weighted by Crippen LogP contribution is 2.27. The summed E-state index contributed by atoms with van der Waals surface area (Å²) in [5, 5.41) is 2.35. The zero-order chi connectivity index (χ0) is 12.0. The quantitative estimate of drug-likeness (QED) is 0.669. The average molecular weight is 225 g/mol. The van der Waals surface area contributed by atoms with Gasteiger partial charge in [-0.1, -0.05) is 12.1 Å². The molecule has 0 aliphatic heterocycles. The first-order valence-electron chi connectivity index (χ1n) is 5.70. The van der Waals surface area contributed by atoms with Gasteiger partial charge in [0.1, 0.15) is 0 Å². The minimum atomic E-state index is -0.316. The number of nitrogens with one attached hydrogen (secondary N) is 1. The molecule has 3 heteroatoms. The highest BCUT2D eigenvalue weighted by atomic mass is 14.7. The molecule has 0 bridgehead atoms. The Morgan fingerprint density at radius 1 is 1.12 bits per heavy atom. The van der Waals surface area contributed by atoms with Gasteiger partial charge in [0.2, 0.25) is 0 Å². The number of H-pyrrole nitrogens is 1. The lowest BCUT2D eigenvalue weighted by atomic mass is 9.95. The number of benzene rings is 1. The maximum atomic E-state index is 6.12. The van der Waals surface area contributed by atoms with Crippen molar-refractivity contribution in [2.24, 2.45) is 5.73 Å². The molecule has 0 radical (unpaired) electrons. The predicted octanol–water partition coefficient (Wildman–Crippen LogP) is 2.91. The van der Waals surface area contributed by atoms with Gasteiger partial charge in [-0.15, -0.1) is 0 Å². The van der Waals surface area contributed by atoms with Gasteiger partial charge in [0.25, 0.3) is 0 Å². The van der Waals surface area contributed by atoms with Crippen LogP contribution in [0.4, 0.5) is 0 Å². The van der Waals surface area contributed by atoms with E-state index in [2.05, 4.69) is 28.2 Å². The van der Waals surface area contributed by atoms with Crippen molar-refractivity contribution < 1.29 is 0 Å². The third-order valence-electron chi connectivity index (χ3n) is 3.14. The molecule has 86 valence electrons. The first-order valence-corrected chi connectivity index (χ1v) is 5.70. The van der Waals surface area contributed by atoms with Crippen LogP contribution in [0.3, 0.4) is 0 Å². The zero-order valence-corrected chi connectivity index (χ0v) is 9.99. The molecule has 0 fully saturated rings. The fraction of sp³-hybridized carbons (Fsp3) is 0.214. The van der Waals surface area contributed by atoms with E-state index in [-0.39, 0.29) is 5.54 Å². The van der Waals surface area contributed by atoms with Crippen LogP contribution in [0.5, 0.6) is 0 Å². The molecule has 0 amide bonds. The smallest absolute Gasteiger partial charge is 0.0495 e. The summed E-state index contributed by atoms with van der Waals surface area (Å²) in [4.78, 5) is 7.56. The average Bonchev–Trinajstić information content (AvgIpc) is 2.65. The fourth-order valence-electron chi connectivity index (χ4n) is 2.15. The van der Waals surface area contributed by atoms with Crippen molar-refractivity contribution in [3.8, 4) is 0 Å². The fourth-order valence-corrected chi connectivity index (χ4v) is 2.15. The van der Waals surface area contributed by atoms with Crippen LogP contribution in [-0.2, 0) is 5.54 Å². The molecule has 0 aliphatic rings. The molecule has 0 atom stereocenters. The molecular formula is C14H15N3. The summed E-state index contributed by atoms with van der Waals surface area (Å²) in [5.74, 6) is 0. The highest BCUT2D eigenvalue weighted by Gasteiger charge is 2.15. The van der Waals surface area contributed by atoms with Gasteiger partial charge in [-0.25, -0.2) is 0 Å². The minimum absolute atomic E-state index is 0.316. The summed E-state index contributed by atoms with van der Waals surface area (Å²) in [6.07, 6.45) is 3.69. The number of aromatic amines is 1. The third kappa shape index (κ3) is 1.59. The summed E-state index contributed by atoms with van der Waals surface area (Å²) in [6, 6.07) is 8.31. The number of pyridine rings is 1. The van der Waals surface area contributed by atoms with Crippen LogP contribution in [0.1, 0.15) is 19.4 Å². The predicted molar refractivity (Wildman–Crippen MR) is 70.8 cm³/mol. The first kappa shape index (κ1) is 10.3. The number of fused-ring (bicyclic) bond motifs is 3. The van der Waals surface area contributed by atoms with Gasteiger partial charge in [-0.3, -0.25) is 4.98 Å². The van der Waals surface area contributed by atoms with Gasteiger partial charge >= 0.3 is 0 Å². The van der Waals surface area contributed by atoms with E-state index in [0.717, 1.165) is 22.0 Å². The van der Waals surface area contributed by atoms with Crippen molar-refractivity contribution in [1.82, 2.24) is 9.97 Å². The highest BCUT2D eigenvalue weighted by molar-refractivity contribution is 6.06. The second-order valence-corrected chi connectivity index (χ2v) is 5.03. The van der Waals surface area contributed by atoms with Crippen LogP contribution in [0.15, 0.2) is 36.7 Å². The van der Waals surface area contributed by atoms with Gasteiger partial charge < -0.3 is 10.7 Å². The van der Waals surface area contributed by atoms with Crippen LogP contribution < -0.4 is 5.73 Å². The van der Waals surface area contributed by atoms with Crippen molar-refractivity contribution in [2.75, 3.05) is 0 Å². The van der Waals surface area contributed by atoms with E-state index in [9.17, 15) is 0 Å². The van der Waals surface area contributed by atoms with Gasteiger partial charge in [-0.2, -0.15) is 0 Å². The molecule has 0 unspecified atom stereocenters. The van der Waals surface area contributed by atoms with Gasteiger partial charge in [0.05, 0.1) is 0 Å². The monoisotopic (exact) mass is 225 g/mol. The molecule has 3 rings (SSSR count). The second-order valence-electron chi connectivity index (χ2n) is 5.03. The number of aromatic nitrogens is 2. The topological polar surface area (TPSA) is 54.7 Å². The molecule has 2 aromatic heterocycles. The molecule has 0 spiro atoms. The van der Waals surface area contributed by atoms with Gasteiger partial charge in [0.15, 0.2) is 0 Å². The Kier molecular flexibility index (Phi) is 2.00. The maximum absolute atomic E-state index is 6.12. The van der Waals surface area contributed by atoms with Crippen molar-refractivity contribution in [2.45, 2.75) is 19.4 Å². The lowest BCUT2D eigenvalue weighted by Crippen LogP contribution is -2.28. The van der Waals surface area contributed by atoms with E-state index in [1.54, 1.807) is 6.20 Å². The maximum Gasteiger partial charge on any atom is 0.0495 e. The SMILES string of the molecule is CC(C)(N)c1ccc2c(c1)[nH]c1ccncc12. The number of rotatable bonds is 1. The first-order chi connectivity index (χ1) is 8.05. The van der Waals surface area contributed by atoms with Crippen LogP contribution in [0, 0.1) is 0 Å². The van der Waals surface area contributed by atoms with Crippen molar-refractivity contribution in [3.05, 3.63) is 42.2 Å². The molecule has 0 aliphatic carbocycles. The van der Waals surface area contributed by atoms with Crippen LogP contribution in [0.2, 0.25) is 0 Å². The minimum Gasteiger partial charge on any atom is -0.354 e. The van der Waals surface area contributed by atoms with Gasteiger partial charge in [0, 0.05) is 39.7 Å². The lowest BCUT2D eigenvalue weighted by molar-refractivity contribution is 0.555. The van der Waals surface area contributed by atoms with E-state index in [0.29, 0.717) is 0 Å². The third-order valence-corrected chi connectivity index (χ3v) is 3.14. The molecule has 0 saturated heterocycles. The summed E-state index contributed by atoms with van der Waals surface area (Å²) < 4.78 is 0. The summed E-state index contributed by atoms with van der Waals surface area (Å²) in [5.41, 5.74) is 9.16. The number of nitrogens with two attached hydrogens (primary N) is 1. The van der Waals surface area contributed by atoms with Crippen molar-refractivity contribution in [3.63, 3.8) is 0 Å².